The molecule has 1 atom stereocenters. The number of ether oxygens (including phenoxy) is 1. The maximum atomic E-state index is 12.2. The van der Waals surface area contributed by atoms with Crippen molar-refractivity contribution in [2.75, 3.05) is 17.7 Å². The molecule has 0 spiro atoms. The Morgan fingerprint density at radius 1 is 1.18 bits per heavy atom. The largest absolute Gasteiger partial charge is 0.452 e. The molecular weight excluding hydrogens is 376 g/mol. The van der Waals surface area contributed by atoms with E-state index in [9.17, 15) is 14.4 Å². The van der Waals surface area contributed by atoms with Crippen LogP contribution in [0.5, 0.6) is 0 Å². The average Bonchev–Trinajstić information content (AvgIpc) is 2.67. The molecule has 1 aliphatic rings. The normalized spacial score (nSPS) is 13.9. The lowest BCUT2D eigenvalue weighted by atomic mass is 10.0. The zero-order chi connectivity index (χ0) is 20.3. The minimum Gasteiger partial charge on any atom is -0.452 e. The second-order valence-corrected chi connectivity index (χ2v) is 7.77. The fourth-order valence-corrected chi connectivity index (χ4v) is 3.61. The first kappa shape index (κ1) is 19.9. The van der Waals surface area contributed by atoms with Crippen LogP contribution in [-0.2, 0) is 14.3 Å². The van der Waals surface area contributed by atoms with E-state index in [0.717, 1.165) is 16.0 Å². The summed E-state index contributed by atoms with van der Waals surface area (Å²) in [7, 11) is 0. The maximum absolute atomic E-state index is 12.2. The van der Waals surface area contributed by atoms with Crippen LogP contribution in [0.2, 0.25) is 0 Å². The van der Waals surface area contributed by atoms with E-state index in [-0.39, 0.29) is 30.0 Å². The van der Waals surface area contributed by atoms with Crippen molar-refractivity contribution in [2.45, 2.75) is 31.7 Å². The van der Waals surface area contributed by atoms with Crippen molar-refractivity contribution >= 4 is 35.2 Å². The predicted molar refractivity (Wildman–Crippen MR) is 109 cm³/mol. The number of esters is 1. The quantitative estimate of drug-likeness (QED) is 0.755. The molecule has 0 aromatic heterocycles. The van der Waals surface area contributed by atoms with Crippen LogP contribution in [0.1, 0.15) is 40.0 Å². The van der Waals surface area contributed by atoms with Crippen molar-refractivity contribution in [2.24, 2.45) is 0 Å². The predicted octanol–water partition coefficient (Wildman–Crippen LogP) is 3.38. The van der Waals surface area contributed by atoms with Gasteiger partial charge in [0.15, 0.2) is 6.61 Å². The number of carbonyl (C=O) groups excluding carboxylic acids is 3. The number of nitrogens with one attached hydrogen (secondary N) is 2. The maximum Gasteiger partial charge on any atom is 0.338 e. The van der Waals surface area contributed by atoms with Gasteiger partial charge in [-0.2, -0.15) is 0 Å². The van der Waals surface area contributed by atoms with E-state index in [1.165, 1.54) is 17.3 Å². The third-order valence-corrected chi connectivity index (χ3v) is 5.66. The summed E-state index contributed by atoms with van der Waals surface area (Å²) in [5.41, 5.74) is 4.21. The molecule has 0 saturated heterocycles. The Balaban J connectivity index is 1.55. The van der Waals surface area contributed by atoms with Gasteiger partial charge in [-0.1, -0.05) is 18.2 Å². The Bertz CT molecular complexity index is 942. The molecule has 2 aromatic rings. The first-order valence-electron chi connectivity index (χ1n) is 8.94. The number of fused-ring (bicyclic) bond motifs is 1. The van der Waals surface area contributed by atoms with Gasteiger partial charge in [-0.05, 0) is 55.7 Å². The zero-order valence-electron chi connectivity index (χ0n) is 16.0. The van der Waals surface area contributed by atoms with Gasteiger partial charge in [-0.3, -0.25) is 9.59 Å². The fraction of sp³-hybridized carbons (Fsp3) is 0.286. The van der Waals surface area contributed by atoms with Crippen LogP contribution in [-0.4, -0.2) is 30.1 Å². The standard InChI is InChI=1S/C21H22N2O4S/c1-12-4-5-15(8-13(12)2)14(3)22-19(24)10-27-21(26)16-6-7-18-17(9-16)23-20(25)11-28-18/h4-9,14H,10-11H2,1-3H3,(H,22,24)(H,23,25)/t14-/m0/s1. The van der Waals surface area contributed by atoms with Crippen LogP contribution < -0.4 is 10.6 Å². The van der Waals surface area contributed by atoms with Crippen LogP contribution in [0.15, 0.2) is 41.3 Å². The first-order valence-corrected chi connectivity index (χ1v) is 9.92. The smallest absolute Gasteiger partial charge is 0.338 e. The Hall–Kier alpha value is -2.80. The monoisotopic (exact) mass is 398 g/mol. The molecule has 1 heterocycles. The molecule has 0 unspecified atom stereocenters. The van der Waals surface area contributed by atoms with Crippen LogP contribution in [0.4, 0.5) is 5.69 Å². The lowest BCUT2D eigenvalue weighted by molar-refractivity contribution is -0.124. The Morgan fingerprint density at radius 3 is 2.71 bits per heavy atom. The first-order chi connectivity index (χ1) is 13.3. The zero-order valence-corrected chi connectivity index (χ0v) is 16.8. The summed E-state index contributed by atoms with van der Waals surface area (Å²) in [6, 6.07) is 10.8. The highest BCUT2D eigenvalue weighted by atomic mass is 32.2. The number of hydrogen-bond donors (Lipinski definition) is 2. The van der Waals surface area contributed by atoms with Gasteiger partial charge in [0.2, 0.25) is 5.91 Å². The summed E-state index contributed by atoms with van der Waals surface area (Å²) in [6.45, 7) is 5.57. The van der Waals surface area contributed by atoms with Crippen molar-refractivity contribution in [1.82, 2.24) is 5.32 Å². The number of thioether (sulfide) groups is 1. The summed E-state index contributed by atoms with van der Waals surface area (Å²) in [6.07, 6.45) is 0. The summed E-state index contributed by atoms with van der Waals surface area (Å²) < 4.78 is 5.12. The molecule has 2 aromatic carbocycles. The van der Waals surface area contributed by atoms with E-state index < -0.39 is 5.97 Å². The van der Waals surface area contributed by atoms with Crippen LogP contribution in [0.3, 0.4) is 0 Å². The fourth-order valence-electron chi connectivity index (χ4n) is 2.82. The number of amides is 2. The molecule has 0 bridgehead atoms. The minimum atomic E-state index is -0.610. The molecule has 3 rings (SSSR count). The lowest BCUT2D eigenvalue weighted by Crippen LogP contribution is -2.31. The van der Waals surface area contributed by atoms with Gasteiger partial charge in [0.25, 0.3) is 5.91 Å². The van der Waals surface area contributed by atoms with Gasteiger partial charge in [0, 0.05) is 4.90 Å². The minimum absolute atomic E-state index is 0.109. The number of aryl methyl sites for hydroxylation is 2. The second-order valence-electron chi connectivity index (χ2n) is 6.76. The van der Waals surface area contributed by atoms with Crippen molar-refractivity contribution in [3.63, 3.8) is 0 Å². The number of rotatable bonds is 5. The average molecular weight is 398 g/mol. The summed E-state index contributed by atoms with van der Waals surface area (Å²) >= 11 is 1.41. The van der Waals surface area contributed by atoms with Crippen molar-refractivity contribution in [3.8, 4) is 0 Å². The van der Waals surface area contributed by atoms with E-state index >= 15 is 0 Å². The third kappa shape index (κ3) is 4.72. The number of carbonyl (C=O) groups is 3. The molecule has 2 amide bonds. The van der Waals surface area contributed by atoms with Gasteiger partial charge in [0.1, 0.15) is 0 Å². The molecule has 6 nitrogen and oxygen atoms in total. The molecule has 0 radical (unpaired) electrons. The summed E-state index contributed by atoms with van der Waals surface area (Å²) in [4.78, 5) is 36.8. The Kier molecular flexibility index (Phi) is 6.04. The highest BCUT2D eigenvalue weighted by Crippen LogP contribution is 2.32. The van der Waals surface area contributed by atoms with Crippen molar-refractivity contribution in [3.05, 3.63) is 58.7 Å². The Morgan fingerprint density at radius 2 is 1.96 bits per heavy atom. The van der Waals surface area contributed by atoms with E-state index in [1.807, 2.05) is 39.0 Å². The van der Waals surface area contributed by atoms with Gasteiger partial charge >= 0.3 is 5.97 Å². The third-order valence-electron chi connectivity index (χ3n) is 4.59. The van der Waals surface area contributed by atoms with Gasteiger partial charge in [0.05, 0.1) is 23.0 Å². The molecule has 2 N–H and O–H groups in total. The molecule has 0 fully saturated rings. The molecule has 0 aliphatic carbocycles. The van der Waals surface area contributed by atoms with E-state index in [0.29, 0.717) is 11.4 Å². The number of anilines is 1. The highest BCUT2D eigenvalue weighted by Gasteiger charge is 2.19. The Labute approximate surface area is 168 Å². The van der Waals surface area contributed by atoms with E-state index in [1.54, 1.807) is 18.2 Å². The van der Waals surface area contributed by atoms with Crippen LogP contribution in [0, 0.1) is 13.8 Å². The van der Waals surface area contributed by atoms with Gasteiger partial charge in [-0.25, -0.2) is 4.79 Å². The number of hydrogen-bond acceptors (Lipinski definition) is 5. The van der Waals surface area contributed by atoms with Gasteiger partial charge in [-0.15, -0.1) is 11.8 Å². The molecule has 1 aliphatic heterocycles. The molecule has 7 heteroatoms. The molecule has 146 valence electrons. The van der Waals surface area contributed by atoms with E-state index in [4.69, 9.17) is 4.74 Å². The van der Waals surface area contributed by atoms with E-state index in [2.05, 4.69) is 10.6 Å². The summed E-state index contributed by atoms with van der Waals surface area (Å²) in [5.74, 6) is -0.736. The topological polar surface area (TPSA) is 84.5 Å². The number of benzene rings is 2. The second kappa shape index (κ2) is 8.48. The van der Waals surface area contributed by atoms with Crippen molar-refractivity contribution in [1.29, 1.82) is 0 Å². The highest BCUT2D eigenvalue weighted by molar-refractivity contribution is 8.00. The van der Waals surface area contributed by atoms with Crippen molar-refractivity contribution < 1.29 is 19.1 Å². The molecule has 0 saturated carbocycles. The van der Waals surface area contributed by atoms with Crippen LogP contribution in [0.25, 0.3) is 0 Å². The van der Waals surface area contributed by atoms with Gasteiger partial charge < -0.3 is 15.4 Å². The summed E-state index contributed by atoms with van der Waals surface area (Å²) in [5, 5.41) is 5.55. The lowest BCUT2D eigenvalue weighted by Gasteiger charge is -2.17. The van der Waals surface area contributed by atoms with Crippen LogP contribution >= 0.6 is 11.8 Å². The molecular formula is C21H22N2O4S. The molecule has 28 heavy (non-hydrogen) atoms. The SMILES string of the molecule is Cc1ccc([C@H](C)NC(=O)COC(=O)c2ccc3c(c2)NC(=O)CS3)cc1C.